The molecule has 4 rings (SSSR count). The number of ether oxygens (including phenoxy) is 1. The van der Waals surface area contributed by atoms with E-state index in [1.807, 2.05) is 4.90 Å². The van der Waals surface area contributed by atoms with Crippen LogP contribution in [0.5, 0.6) is 11.5 Å². The Morgan fingerprint density at radius 1 is 1.30 bits per heavy atom. The molecule has 2 aromatic rings. The van der Waals surface area contributed by atoms with Gasteiger partial charge in [-0.15, -0.1) is 0 Å². The van der Waals surface area contributed by atoms with Gasteiger partial charge in [-0.2, -0.15) is 13.2 Å². The molecule has 7 nitrogen and oxygen atoms in total. The van der Waals surface area contributed by atoms with Gasteiger partial charge in [0.15, 0.2) is 0 Å². The van der Waals surface area contributed by atoms with Crippen LogP contribution in [0.1, 0.15) is 16.7 Å². The number of aromatic hydroxyl groups is 1. The number of aromatic nitrogens is 1. The molecule has 1 N–H and O–H groups in total. The number of amides is 1. The molecule has 0 saturated carbocycles. The Kier molecular flexibility index (Phi) is 5.73. The van der Waals surface area contributed by atoms with E-state index in [-0.39, 0.29) is 36.5 Å². The van der Waals surface area contributed by atoms with E-state index in [9.17, 15) is 27.9 Å². The van der Waals surface area contributed by atoms with Crippen LogP contribution in [0.4, 0.5) is 13.2 Å². The highest BCUT2D eigenvalue weighted by molar-refractivity contribution is 5.87. The van der Waals surface area contributed by atoms with E-state index in [4.69, 9.17) is 4.74 Å². The van der Waals surface area contributed by atoms with Crippen molar-refractivity contribution in [2.24, 2.45) is 7.05 Å². The third kappa shape index (κ3) is 3.88. The number of piperazine rings is 1. The molecule has 1 fully saturated rings. The lowest BCUT2D eigenvalue weighted by Gasteiger charge is -2.39. The number of nitrogens with zero attached hydrogens (tertiary/aromatic N) is 3. The predicted octanol–water partition coefficient (Wildman–Crippen LogP) is 2.68. The Bertz CT molecular complexity index is 1190. The molecule has 1 atom stereocenters. The fourth-order valence-electron chi connectivity index (χ4n) is 4.67. The first-order valence-electron chi connectivity index (χ1n) is 10.4. The van der Waals surface area contributed by atoms with Crippen LogP contribution < -0.4 is 10.3 Å². The highest BCUT2D eigenvalue weighted by Gasteiger charge is 2.38. The van der Waals surface area contributed by atoms with Gasteiger partial charge in [0.05, 0.1) is 28.4 Å². The van der Waals surface area contributed by atoms with Crippen molar-refractivity contribution >= 4 is 5.91 Å². The first-order chi connectivity index (χ1) is 15.5. The standard InChI is InChI=1S/C23H24F3N3O4/c1-4-18(31)29-9-8-28-11-15-21(33-12-14(28)10-29)13(2)20(27(3)22(15)32)19-16(23(24,25)26)6-5-7-17(19)30/h4-7,14,30H,1,8-12H2,2-3H3/t14-/m1/s1. The Morgan fingerprint density at radius 3 is 2.70 bits per heavy atom. The van der Waals surface area contributed by atoms with E-state index < -0.39 is 28.6 Å². The molecule has 1 aromatic carbocycles. The zero-order chi connectivity index (χ0) is 24.1. The quantitative estimate of drug-likeness (QED) is 0.694. The lowest BCUT2D eigenvalue weighted by Crippen LogP contribution is -2.55. The van der Waals surface area contributed by atoms with Crippen LogP contribution in [-0.2, 0) is 24.6 Å². The topological polar surface area (TPSA) is 75.0 Å². The lowest BCUT2D eigenvalue weighted by molar-refractivity contribution is -0.137. The lowest BCUT2D eigenvalue weighted by atomic mass is 9.97. The maximum atomic E-state index is 13.7. The highest BCUT2D eigenvalue weighted by Crippen LogP contribution is 2.44. The summed E-state index contributed by atoms with van der Waals surface area (Å²) in [7, 11) is 1.39. The van der Waals surface area contributed by atoms with Crippen LogP contribution >= 0.6 is 0 Å². The van der Waals surface area contributed by atoms with Gasteiger partial charge in [-0.05, 0) is 25.1 Å². The van der Waals surface area contributed by atoms with Crippen LogP contribution in [0, 0.1) is 6.92 Å². The number of carbonyl (C=O) groups excluding carboxylic acids is 1. The first kappa shape index (κ1) is 22.9. The van der Waals surface area contributed by atoms with E-state index in [0.29, 0.717) is 30.8 Å². The molecule has 10 heteroatoms. The van der Waals surface area contributed by atoms with Gasteiger partial charge >= 0.3 is 6.18 Å². The summed E-state index contributed by atoms with van der Waals surface area (Å²) >= 11 is 0. The van der Waals surface area contributed by atoms with Crippen LogP contribution in [-0.4, -0.2) is 57.7 Å². The first-order valence-corrected chi connectivity index (χ1v) is 10.4. The van der Waals surface area contributed by atoms with Crippen molar-refractivity contribution in [2.45, 2.75) is 25.7 Å². The minimum atomic E-state index is -4.73. The Morgan fingerprint density at radius 2 is 2.03 bits per heavy atom. The molecular weight excluding hydrogens is 439 g/mol. The minimum absolute atomic E-state index is 0.0486. The smallest absolute Gasteiger partial charge is 0.417 e. The van der Waals surface area contributed by atoms with Crippen molar-refractivity contribution in [3.8, 4) is 22.8 Å². The molecule has 3 heterocycles. The molecule has 1 aromatic heterocycles. The maximum Gasteiger partial charge on any atom is 0.417 e. The summed E-state index contributed by atoms with van der Waals surface area (Å²) in [6.07, 6.45) is -3.48. The van der Waals surface area contributed by atoms with Gasteiger partial charge in [-0.25, -0.2) is 0 Å². The molecule has 0 spiro atoms. The normalized spacial score (nSPS) is 18.7. The number of alkyl halides is 3. The number of pyridine rings is 1. The SMILES string of the molecule is C=CC(=O)N1CCN2Cc3c(c(C)c(-c4c(O)cccc4C(F)(F)F)n(C)c3=O)OC[C@H]2C1. The molecular formula is C23H24F3N3O4. The number of fused-ring (bicyclic) bond motifs is 2. The second-order valence-electron chi connectivity index (χ2n) is 8.27. The second-order valence-corrected chi connectivity index (χ2v) is 8.27. The number of phenolic OH excluding ortho intramolecular Hbond substituents is 1. The number of carbonyl (C=O) groups is 1. The number of hydrogen-bond acceptors (Lipinski definition) is 5. The van der Waals surface area contributed by atoms with Crippen molar-refractivity contribution in [2.75, 3.05) is 26.2 Å². The van der Waals surface area contributed by atoms with Crippen LogP contribution in [0.15, 0.2) is 35.6 Å². The molecule has 0 unspecified atom stereocenters. The average molecular weight is 463 g/mol. The van der Waals surface area contributed by atoms with Gasteiger partial charge in [-0.1, -0.05) is 12.6 Å². The third-order valence-electron chi connectivity index (χ3n) is 6.32. The van der Waals surface area contributed by atoms with Crippen molar-refractivity contribution in [3.05, 3.63) is 57.9 Å². The summed E-state index contributed by atoms with van der Waals surface area (Å²) in [5.41, 5.74) is -1.37. The van der Waals surface area contributed by atoms with Crippen LogP contribution in [0.2, 0.25) is 0 Å². The zero-order valence-electron chi connectivity index (χ0n) is 18.3. The summed E-state index contributed by atoms with van der Waals surface area (Å²) < 4.78 is 48.3. The highest BCUT2D eigenvalue weighted by atomic mass is 19.4. The molecule has 0 bridgehead atoms. The average Bonchev–Trinajstić information content (AvgIpc) is 2.97. The predicted molar refractivity (Wildman–Crippen MR) is 115 cm³/mol. The van der Waals surface area contributed by atoms with Gasteiger partial charge in [0.25, 0.3) is 5.56 Å². The third-order valence-corrected chi connectivity index (χ3v) is 6.32. The summed E-state index contributed by atoms with van der Waals surface area (Å²) in [6.45, 7) is 6.89. The second kappa shape index (κ2) is 8.26. The van der Waals surface area contributed by atoms with Crippen LogP contribution in [0.25, 0.3) is 11.3 Å². The van der Waals surface area contributed by atoms with Gasteiger partial charge in [-0.3, -0.25) is 14.5 Å². The number of hydrogen-bond donors (Lipinski definition) is 1. The summed E-state index contributed by atoms with van der Waals surface area (Å²) in [6, 6.07) is 2.96. The molecule has 2 aliphatic rings. The fourth-order valence-corrected chi connectivity index (χ4v) is 4.67. The Hall–Kier alpha value is -3.27. The maximum absolute atomic E-state index is 13.7. The van der Waals surface area contributed by atoms with E-state index >= 15 is 0 Å². The van der Waals surface area contributed by atoms with E-state index in [1.165, 1.54) is 13.1 Å². The van der Waals surface area contributed by atoms with Crippen molar-refractivity contribution in [3.63, 3.8) is 0 Å². The van der Waals surface area contributed by atoms with E-state index in [0.717, 1.165) is 22.8 Å². The van der Waals surface area contributed by atoms with Crippen molar-refractivity contribution in [1.29, 1.82) is 0 Å². The van der Waals surface area contributed by atoms with E-state index in [1.54, 1.807) is 11.8 Å². The largest absolute Gasteiger partial charge is 0.507 e. The summed E-state index contributed by atoms with van der Waals surface area (Å²) in [5.74, 6) is -0.544. The number of benzene rings is 1. The monoisotopic (exact) mass is 463 g/mol. The fraction of sp³-hybridized carbons (Fsp3) is 0.391. The molecule has 2 aliphatic heterocycles. The van der Waals surface area contributed by atoms with Gasteiger partial charge in [0.1, 0.15) is 18.1 Å². The van der Waals surface area contributed by atoms with Gasteiger partial charge in [0, 0.05) is 38.8 Å². The van der Waals surface area contributed by atoms with Crippen molar-refractivity contribution in [1.82, 2.24) is 14.4 Å². The molecule has 0 aliphatic carbocycles. The number of phenols is 1. The van der Waals surface area contributed by atoms with Gasteiger partial charge < -0.3 is 19.3 Å². The molecule has 33 heavy (non-hydrogen) atoms. The van der Waals surface area contributed by atoms with Gasteiger partial charge in [0.2, 0.25) is 5.91 Å². The zero-order valence-corrected chi connectivity index (χ0v) is 18.3. The van der Waals surface area contributed by atoms with Crippen molar-refractivity contribution < 1.29 is 27.8 Å². The summed E-state index contributed by atoms with van der Waals surface area (Å²) in [4.78, 5) is 29.0. The molecule has 0 radical (unpaired) electrons. The summed E-state index contributed by atoms with van der Waals surface area (Å²) in [5, 5.41) is 10.4. The minimum Gasteiger partial charge on any atom is -0.507 e. The molecule has 1 saturated heterocycles. The molecule has 1 amide bonds. The van der Waals surface area contributed by atoms with E-state index in [2.05, 4.69) is 6.58 Å². The number of rotatable bonds is 2. The molecule has 176 valence electrons. The number of halogens is 3. The Labute approximate surface area is 188 Å². The Balaban J connectivity index is 1.83. The van der Waals surface area contributed by atoms with Crippen LogP contribution in [0.3, 0.4) is 0 Å².